The molecule has 5 aliphatic rings. The molecule has 1 heterocycles. The molecule has 2 bridgehead atoms. The van der Waals surface area contributed by atoms with Crippen molar-refractivity contribution < 1.29 is 13.2 Å². The van der Waals surface area contributed by atoms with Gasteiger partial charge in [0.1, 0.15) is 0 Å². The van der Waals surface area contributed by atoms with Crippen LogP contribution in [0.1, 0.15) is 52.4 Å². The molecular weight excluding hydrogens is 298 g/mol. The Bertz CT molecular complexity index is 665. The van der Waals surface area contributed by atoms with Crippen molar-refractivity contribution in [3.05, 3.63) is 0 Å². The van der Waals surface area contributed by atoms with Crippen LogP contribution in [0.4, 0.5) is 0 Å². The number of carbonyl (C=O) groups excluding carboxylic acids is 1. The van der Waals surface area contributed by atoms with Crippen LogP contribution >= 0.6 is 0 Å². The molecule has 0 aromatic carbocycles. The Morgan fingerprint density at radius 2 is 1.86 bits per heavy atom. The van der Waals surface area contributed by atoms with E-state index in [1.807, 2.05) is 0 Å². The van der Waals surface area contributed by atoms with E-state index < -0.39 is 10.0 Å². The molecule has 4 saturated carbocycles. The largest absolute Gasteiger partial charge is 0.273 e. The monoisotopic (exact) mass is 323 g/mol. The summed E-state index contributed by atoms with van der Waals surface area (Å²) in [6, 6.07) is -0.0424. The van der Waals surface area contributed by atoms with Gasteiger partial charge in [-0.05, 0) is 61.7 Å². The van der Waals surface area contributed by atoms with Crippen LogP contribution in [0.3, 0.4) is 0 Å². The van der Waals surface area contributed by atoms with Crippen LogP contribution in [0, 0.1) is 34.5 Å². The molecule has 1 amide bonds. The maximum atomic E-state index is 12.9. The third-order valence-corrected chi connectivity index (χ3v) is 9.93. The number of sulfonamides is 1. The summed E-state index contributed by atoms with van der Waals surface area (Å²) in [5.41, 5.74) is -0.116. The summed E-state index contributed by atoms with van der Waals surface area (Å²) in [6.07, 6.45) is 6.43. The lowest BCUT2D eigenvalue weighted by Crippen LogP contribution is -2.44. The number of fused-ring (bicyclic) bond motifs is 1. The Morgan fingerprint density at radius 3 is 2.50 bits per heavy atom. The van der Waals surface area contributed by atoms with Crippen LogP contribution in [0.15, 0.2) is 0 Å². The van der Waals surface area contributed by atoms with Gasteiger partial charge in [-0.2, -0.15) is 0 Å². The summed E-state index contributed by atoms with van der Waals surface area (Å²) in [6.45, 7) is 4.47. The lowest BCUT2D eigenvalue weighted by molar-refractivity contribution is -0.130. The predicted octanol–water partition coefficient (Wildman–Crippen LogP) is 2.40. The highest BCUT2D eigenvalue weighted by molar-refractivity contribution is 7.90. The molecule has 22 heavy (non-hydrogen) atoms. The summed E-state index contributed by atoms with van der Waals surface area (Å²) in [5, 5.41) is 0. The van der Waals surface area contributed by atoms with E-state index in [0.29, 0.717) is 17.8 Å². The molecule has 5 atom stereocenters. The van der Waals surface area contributed by atoms with Crippen LogP contribution in [0.5, 0.6) is 0 Å². The molecule has 4 aliphatic carbocycles. The molecule has 1 aliphatic heterocycles. The predicted molar refractivity (Wildman–Crippen MR) is 82.3 cm³/mol. The van der Waals surface area contributed by atoms with E-state index in [4.69, 9.17) is 0 Å². The van der Waals surface area contributed by atoms with Crippen molar-refractivity contribution in [2.24, 2.45) is 34.5 Å². The van der Waals surface area contributed by atoms with E-state index >= 15 is 0 Å². The van der Waals surface area contributed by atoms with Gasteiger partial charge in [0.25, 0.3) is 0 Å². The molecule has 4 nitrogen and oxygen atoms in total. The van der Waals surface area contributed by atoms with Gasteiger partial charge in [-0.1, -0.05) is 13.8 Å². The molecule has 1 spiro atoms. The average molecular weight is 323 g/mol. The highest BCUT2D eigenvalue weighted by Crippen LogP contribution is 2.70. The Hall–Kier alpha value is -0.580. The minimum Gasteiger partial charge on any atom is -0.273 e. The van der Waals surface area contributed by atoms with Gasteiger partial charge in [0.2, 0.25) is 15.9 Å². The Labute approximate surface area is 132 Å². The van der Waals surface area contributed by atoms with Crippen molar-refractivity contribution in [2.75, 3.05) is 5.75 Å². The van der Waals surface area contributed by atoms with E-state index in [-0.39, 0.29) is 34.4 Å². The van der Waals surface area contributed by atoms with Gasteiger partial charge in [0.15, 0.2) is 0 Å². The van der Waals surface area contributed by atoms with Crippen LogP contribution in [-0.2, 0) is 14.8 Å². The van der Waals surface area contributed by atoms with Gasteiger partial charge in [-0.3, -0.25) is 4.79 Å². The van der Waals surface area contributed by atoms with E-state index in [1.54, 1.807) is 0 Å². The second-order valence-corrected chi connectivity index (χ2v) is 10.9. The Kier molecular flexibility index (Phi) is 2.35. The van der Waals surface area contributed by atoms with Gasteiger partial charge < -0.3 is 0 Å². The molecule has 0 radical (unpaired) electrons. The van der Waals surface area contributed by atoms with Crippen LogP contribution in [0.2, 0.25) is 0 Å². The van der Waals surface area contributed by atoms with E-state index in [0.717, 1.165) is 25.7 Å². The van der Waals surface area contributed by atoms with Gasteiger partial charge in [0.05, 0.1) is 11.8 Å². The Morgan fingerprint density at radius 1 is 1.14 bits per heavy atom. The summed E-state index contributed by atoms with van der Waals surface area (Å²) < 4.78 is 27.0. The molecule has 122 valence electrons. The fraction of sp³-hybridized carbons (Fsp3) is 0.941. The first-order chi connectivity index (χ1) is 10.3. The molecule has 0 unspecified atom stereocenters. The van der Waals surface area contributed by atoms with Crippen molar-refractivity contribution >= 4 is 15.9 Å². The average Bonchev–Trinajstić information content (AvgIpc) is 3.30. The fourth-order valence-electron chi connectivity index (χ4n) is 6.29. The lowest BCUT2D eigenvalue weighted by Gasteiger charge is -2.37. The van der Waals surface area contributed by atoms with Crippen LogP contribution < -0.4 is 0 Å². The zero-order valence-corrected chi connectivity index (χ0v) is 14.2. The van der Waals surface area contributed by atoms with Crippen molar-refractivity contribution in [3.63, 3.8) is 0 Å². The van der Waals surface area contributed by atoms with Gasteiger partial charge >= 0.3 is 0 Å². The van der Waals surface area contributed by atoms with Crippen molar-refractivity contribution in [2.45, 2.75) is 58.4 Å². The van der Waals surface area contributed by atoms with E-state index in [1.165, 1.54) is 17.1 Å². The number of amides is 1. The molecular formula is C17H25NO3S. The van der Waals surface area contributed by atoms with E-state index in [9.17, 15) is 13.2 Å². The summed E-state index contributed by atoms with van der Waals surface area (Å²) in [7, 11) is -3.41. The number of hydrogen-bond donors (Lipinski definition) is 0. The quantitative estimate of drug-likeness (QED) is 0.784. The zero-order chi connectivity index (χ0) is 15.5. The SMILES string of the molecule is CC1(C)[C@@H]2CC[C@@]13CS(=O)(=O)N(C(=O)[C@H]1C[C@H]1C1CC1)[C@@H]3C2. The molecule has 1 saturated heterocycles. The third kappa shape index (κ3) is 1.45. The Balaban J connectivity index is 1.50. The first kappa shape index (κ1) is 13.8. The molecule has 5 heteroatoms. The van der Waals surface area contributed by atoms with Crippen molar-refractivity contribution in [1.82, 2.24) is 4.31 Å². The van der Waals surface area contributed by atoms with Gasteiger partial charge in [-0.25, -0.2) is 12.7 Å². The molecule has 5 fully saturated rings. The van der Waals surface area contributed by atoms with Crippen LogP contribution in [-0.4, -0.2) is 30.4 Å². The number of rotatable bonds is 2. The molecule has 0 N–H and O–H groups in total. The first-order valence-electron chi connectivity index (χ1n) is 8.84. The minimum absolute atomic E-state index is 0.0136. The first-order valence-corrected chi connectivity index (χ1v) is 10.4. The number of carbonyl (C=O) groups is 1. The zero-order valence-electron chi connectivity index (χ0n) is 13.4. The standard InChI is InChI=1S/C17H25NO3S/c1-16(2)11-5-6-17(16)9-22(20,21)18(14(17)7-11)15(19)13-8-12(13)10-3-4-10/h10-14H,3-9H2,1-2H3/t11-,12+,13+,14-,17+/m1/s1. The number of hydrogen-bond acceptors (Lipinski definition) is 3. The fourth-order valence-corrected chi connectivity index (χ4v) is 8.87. The maximum Gasteiger partial charge on any atom is 0.239 e. The third-order valence-electron chi connectivity index (χ3n) is 8.01. The number of nitrogens with zero attached hydrogens (tertiary/aromatic N) is 1. The van der Waals surface area contributed by atoms with E-state index in [2.05, 4.69) is 13.8 Å². The highest BCUT2D eigenvalue weighted by atomic mass is 32.2. The summed E-state index contributed by atoms with van der Waals surface area (Å²) in [5.74, 6) is 1.96. The van der Waals surface area contributed by atoms with Gasteiger partial charge in [0, 0.05) is 11.3 Å². The van der Waals surface area contributed by atoms with Crippen molar-refractivity contribution in [3.8, 4) is 0 Å². The molecule has 0 aromatic heterocycles. The molecule has 5 rings (SSSR count). The van der Waals surface area contributed by atoms with Crippen molar-refractivity contribution in [1.29, 1.82) is 0 Å². The normalized spacial score (nSPS) is 50.2. The topological polar surface area (TPSA) is 54.5 Å². The van der Waals surface area contributed by atoms with Crippen LogP contribution in [0.25, 0.3) is 0 Å². The second-order valence-electron chi connectivity index (χ2n) is 9.10. The maximum absolute atomic E-state index is 12.9. The summed E-state index contributed by atoms with van der Waals surface area (Å²) in [4.78, 5) is 12.9. The lowest BCUT2D eigenvalue weighted by atomic mass is 9.69. The summed E-state index contributed by atoms with van der Waals surface area (Å²) >= 11 is 0. The van der Waals surface area contributed by atoms with Gasteiger partial charge in [-0.15, -0.1) is 0 Å². The molecule has 0 aromatic rings. The minimum atomic E-state index is -3.41. The smallest absolute Gasteiger partial charge is 0.239 e. The second kappa shape index (κ2) is 3.73. The highest BCUT2D eigenvalue weighted by Gasteiger charge is 2.73.